The summed E-state index contributed by atoms with van der Waals surface area (Å²) in [5, 5.41) is 16.4. The first-order valence-corrected chi connectivity index (χ1v) is 6.45. The monoisotopic (exact) mass is 275 g/mol. The van der Waals surface area contributed by atoms with Gasteiger partial charge in [0.25, 0.3) is 5.91 Å². The smallest absolute Gasteiger partial charge is 0.305 e. The number of nitrogens with one attached hydrogen (secondary N) is 1. The predicted molar refractivity (Wildman–Crippen MR) is 74.5 cm³/mol. The summed E-state index contributed by atoms with van der Waals surface area (Å²) in [6, 6.07) is 5.23. The van der Waals surface area contributed by atoms with Crippen LogP contribution in [0.4, 0.5) is 0 Å². The average Bonchev–Trinajstić information content (AvgIpc) is 2.84. The first-order valence-electron chi connectivity index (χ1n) is 6.45. The maximum atomic E-state index is 12.5. The van der Waals surface area contributed by atoms with E-state index in [1.54, 1.807) is 29.3 Å². The van der Waals surface area contributed by atoms with Crippen LogP contribution in [0.15, 0.2) is 24.4 Å². The Kier molecular flexibility index (Phi) is 4.02. The summed E-state index contributed by atoms with van der Waals surface area (Å²) in [6.07, 6.45) is 1.60. The number of aromatic nitrogens is 2. The molecule has 2 rings (SSSR count). The number of carbonyl (C=O) groups is 2. The topological polar surface area (TPSA) is 86.3 Å². The zero-order chi connectivity index (χ0) is 14.7. The molecule has 0 bridgehead atoms. The van der Waals surface area contributed by atoms with Crippen LogP contribution < -0.4 is 0 Å². The van der Waals surface area contributed by atoms with Crippen molar-refractivity contribution in [3.8, 4) is 0 Å². The second-order valence-corrected chi connectivity index (χ2v) is 4.91. The van der Waals surface area contributed by atoms with E-state index in [2.05, 4.69) is 10.2 Å². The predicted octanol–water partition coefficient (Wildman–Crippen LogP) is 1.89. The van der Waals surface area contributed by atoms with Gasteiger partial charge in [0.15, 0.2) is 0 Å². The van der Waals surface area contributed by atoms with Gasteiger partial charge >= 0.3 is 5.97 Å². The van der Waals surface area contributed by atoms with Crippen molar-refractivity contribution in [1.29, 1.82) is 0 Å². The third-order valence-electron chi connectivity index (χ3n) is 3.14. The van der Waals surface area contributed by atoms with Gasteiger partial charge in [0.1, 0.15) is 0 Å². The second kappa shape index (κ2) is 5.73. The zero-order valence-electron chi connectivity index (χ0n) is 11.5. The SMILES string of the molecule is CC(C)N(CCC(=O)O)C(=O)c1ccc2[nH]ncc2c1. The molecule has 1 amide bonds. The minimum absolute atomic E-state index is 0.0538. The maximum absolute atomic E-state index is 12.5. The van der Waals surface area contributed by atoms with Crippen LogP contribution >= 0.6 is 0 Å². The fourth-order valence-electron chi connectivity index (χ4n) is 2.05. The van der Waals surface area contributed by atoms with E-state index in [4.69, 9.17) is 5.11 Å². The van der Waals surface area contributed by atoms with E-state index in [9.17, 15) is 9.59 Å². The van der Waals surface area contributed by atoms with Crippen molar-refractivity contribution in [2.45, 2.75) is 26.3 Å². The van der Waals surface area contributed by atoms with Crippen LogP contribution in [0.2, 0.25) is 0 Å². The molecule has 0 aliphatic heterocycles. The number of carboxylic acid groups (broad SMARTS) is 1. The fraction of sp³-hybridized carbons (Fsp3) is 0.357. The van der Waals surface area contributed by atoms with E-state index < -0.39 is 5.97 Å². The van der Waals surface area contributed by atoms with Gasteiger partial charge in [-0.2, -0.15) is 5.10 Å². The van der Waals surface area contributed by atoms with Crippen molar-refractivity contribution in [2.75, 3.05) is 6.54 Å². The Balaban J connectivity index is 2.23. The molecule has 0 spiro atoms. The Hall–Kier alpha value is -2.37. The first kappa shape index (κ1) is 14.0. The van der Waals surface area contributed by atoms with Crippen molar-refractivity contribution in [2.24, 2.45) is 0 Å². The molecule has 0 aliphatic rings. The van der Waals surface area contributed by atoms with Crippen molar-refractivity contribution in [3.05, 3.63) is 30.0 Å². The third-order valence-corrected chi connectivity index (χ3v) is 3.14. The number of benzene rings is 1. The number of aromatic amines is 1. The second-order valence-electron chi connectivity index (χ2n) is 4.91. The molecule has 0 atom stereocenters. The molecular formula is C14H17N3O3. The molecule has 0 aliphatic carbocycles. The number of H-pyrrole nitrogens is 1. The van der Waals surface area contributed by atoms with Crippen molar-refractivity contribution < 1.29 is 14.7 Å². The summed E-state index contributed by atoms with van der Waals surface area (Å²) < 4.78 is 0. The van der Waals surface area contributed by atoms with E-state index in [-0.39, 0.29) is 24.9 Å². The standard InChI is InChI=1S/C14H17N3O3/c1-9(2)17(6-5-13(18)19)14(20)10-3-4-12-11(7-10)8-15-16-12/h3-4,7-9H,5-6H2,1-2H3,(H,15,16)(H,18,19). The van der Waals surface area contributed by atoms with Crippen LogP contribution in [0, 0.1) is 0 Å². The highest BCUT2D eigenvalue weighted by Crippen LogP contribution is 2.16. The lowest BCUT2D eigenvalue weighted by atomic mass is 10.1. The quantitative estimate of drug-likeness (QED) is 0.872. The molecule has 0 fully saturated rings. The molecule has 20 heavy (non-hydrogen) atoms. The highest BCUT2D eigenvalue weighted by molar-refractivity contribution is 5.98. The fourth-order valence-corrected chi connectivity index (χ4v) is 2.05. The van der Waals surface area contributed by atoms with Crippen LogP contribution in [0.25, 0.3) is 10.9 Å². The molecule has 1 aromatic heterocycles. The summed E-state index contributed by atoms with van der Waals surface area (Å²) in [5.74, 6) is -1.07. The normalized spacial score (nSPS) is 10.9. The lowest BCUT2D eigenvalue weighted by Gasteiger charge is -2.26. The minimum atomic E-state index is -0.909. The summed E-state index contributed by atoms with van der Waals surface area (Å²) in [5.41, 5.74) is 1.40. The highest BCUT2D eigenvalue weighted by Gasteiger charge is 2.19. The summed E-state index contributed by atoms with van der Waals surface area (Å²) in [4.78, 5) is 24.7. The van der Waals surface area contributed by atoms with Gasteiger partial charge in [-0.15, -0.1) is 0 Å². The molecule has 6 heteroatoms. The van der Waals surface area contributed by atoms with Crippen LogP contribution in [0.1, 0.15) is 30.6 Å². The number of hydrogen-bond donors (Lipinski definition) is 2. The van der Waals surface area contributed by atoms with Gasteiger partial charge in [-0.25, -0.2) is 0 Å². The maximum Gasteiger partial charge on any atom is 0.305 e. The molecular weight excluding hydrogens is 258 g/mol. The molecule has 2 aromatic rings. The summed E-state index contributed by atoms with van der Waals surface area (Å²) >= 11 is 0. The number of fused-ring (bicyclic) bond motifs is 1. The van der Waals surface area contributed by atoms with Gasteiger partial charge in [0.2, 0.25) is 0 Å². The minimum Gasteiger partial charge on any atom is -0.481 e. The van der Waals surface area contributed by atoms with Crippen LogP contribution in [-0.4, -0.2) is 44.7 Å². The molecule has 0 saturated carbocycles. The van der Waals surface area contributed by atoms with Gasteiger partial charge in [-0.3, -0.25) is 14.7 Å². The number of aliphatic carboxylic acids is 1. The molecule has 1 heterocycles. The molecule has 0 radical (unpaired) electrons. The van der Waals surface area contributed by atoms with Crippen LogP contribution in [0.3, 0.4) is 0 Å². The largest absolute Gasteiger partial charge is 0.481 e. The van der Waals surface area contributed by atoms with Gasteiger partial charge in [-0.1, -0.05) is 0 Å². The van der Waals surface area contributed by atoms with E-state index in [1.165, 1.54) is 0 Å². The molecule has 106 valence electrons. The Morgan fingerprint density at radius 2 is 2.15 bits per heavy atom. The number of hydrogen-bond acceptors (Lipinski definition) is 3. The Morgan fingerprint density at radius 3 is 2.80 bits per heavy atom. The average molecular weight is 275 g/mol. The van der Waals surface area contributed by atoms with Gasteiger partial charge in [0, 0.05) is 23.5 Å². The zero-order valence-corrected chi connectivity index (χ0v) is 11.5. The van der Waals surface area contributed by atoms with Crippen molar-refractivity contribution in [1.82, 2.24) is 15.1 Å². The molecule has 2 N–H and O–H groups in total. The first-order chi connectivity index (χ1) is 9.49. The van der Waals surface area contributed by atoms with E-state index in [0.717, 1.165) is 10.9 Å². The Bertz CT molecular complexity index is 633. The third kappa shape index (κ3) is 2.96. The van der Waals surface area contributed by atoms with E-state index in [0.29, 0.717) is 5.56 Å². The van der Waals surface area contributed by atoms with Crippen LogP contribution in [-0.2, 0) is 4.79 Å². The van der Waals surface area contributed by atoms with E-state index in [1.807, 2.05) is 13.8 Å². The van der Waals surface area contributed by atoms with Crippen molar-refractivity contribution in [3.63, 3.8) is 0 Å². The van der Waals surface area contributed by atoms with Gasteiger partial charge in [0.05, 0.1) is 18.1 Å². The lowest BCUT2D eigenvalue weighted by Crippen LogP contribution is -2.38. The number of nitrogens with zero attached hydrogens (tertiary/aromatic N) is 2. The number of rotatable bonds is 5. The molecule has 6 nitrogen and oxygen atoms in total. The Labute approximate surface area is 116 Å². The molecule has 0 saturated heterocycles. The summed E-state index contributed by atoms with van der Waals surface area (Å²) in [7, 11) is 0. The number of carboxylic acids is 1. The van der Waals surface area contributed by atoms with E-state index >= 15 is 0 Å². The molecule has 1 aromatic carbocycles. The van der Waals surface area contributed by atoms with Crippen LogP contribution in [0.5, 0.6) is 0 Å². The lowest BCUT2D eigenvalue weighted by molar-refractivity contribution is -0.137. The highest BCUT2D eigenvalue weighted by atomic mass is 16.4. The Morgan fingerprint density at radius 1 is 1.40 bits per heavy atom. The van der Waals surface area contributed by atoms with Gasteiger partial charge < -0.3 is 10.0 Å². The molecule has 0 unspecified atom stereocenters. The number of carbonyl (C=O) groups excluding carboxylic acids is 1. The summed E-state index contributed by atoms with van der Waals surface area (Å²) in [6.45, 7) is 3.95. The van der Waals surface area contributed by atoms with Gasteiger partial charge in [-0.05, 0) is 32.0 Å². The number of amides is 1. The van der Waals surface area contributed by atoms with Crippen molar-refractivity contribution >= 4 is 22.8 Å².